The van der Waals surface area contributed by atoms with Crippen molar-refractivity contribution in [3.63, 3.8) is 0 Å². The summed E-state index contributed by atoms with van der Waals surface area (Å²) in [6.45, 7) is 11.8. The van der Waals surface area contributed by atoms with Crippen LogP contribution in [0.15, 0.2) is 29.3 Å². The lowest BCUT2D eigenvalue weighted by Gasteiger charge is -2.41. The van der Waals surface area contributed by atoms with Crippen LogP contribution in [0.3, 0.4) is 0 Å². The van der Waals surface area contributed by atoms with E-state index in [0.29, 0.717) is 12.5 Å². The van der Waals surface area contributed by atoms with Crippen LogP contribution in [-0.4, -0.2) is 60.2 Å². The highest BCUT2D eigenvalue weighted by Gasteiger charge is 2.30. The van der Waals surface area contributed by atoms with E-state index in [0.717, 1.165) is 39.2 Å². The lowest BCUT2D eigenvalue weighted by Crippen LogP contribution is -2.51. The Kier molecular flexibility index (Phi) is 7.10. The quantitative estimate of drug-likeness (QED) is 0.430. The fourth-order valence-electron chi connectivity index (χ4n) is 3.51. The number of fused-ring (bicyclic) bond motifs is 1. The molecule has 1 fully saturated rings. The second-order valence-corrected chi connectivity index (χ2v) is 7.55. The first kappa shape index (κ1) is 20.5. The van der Waals surface area contributed by atoms with Gasteiger partial charge >= 0.3 is 0 Å². The van der Waals surface area contributed by atoms with Crippen LogP contribution in [0.25, 0.3) is 0 Å². The molecule has 6 heteroatoms. The second-order valence-electron chi connectivity index (χ2n) is 7.55. The molecule has 3 rings (SSSR count). The molecule has 25 heavy (non-hydrogen) atoms. The normalized spacial score (nSPS) is 22.3. The average Bonchev–Trinajstić information content (AvgIpc) is 2.59. The fraction of sp³-hybridized carbons (Fsp3) is 0.632. The van der Waals surface area contributed by atoms with Crippen LogP contribution < -0.4 is 5.73 Å². The Hall–Kier alpha value is -0.860. The number of guanidine groups is 1. The maximum absolute atomic E-state index is 6.23. The number of rotatable bonds is 3. The standard InChI is InChI=1S/C19H30N4O.HI/c1-15-12-22(10-11-24-15)18(20)21-14-19(2,3)23-9-8-16-6-4-5-7-17(16)13-23;/h4-7,15H,8-14H2,1-3H3,(H2,20,21);1H. The van der Waals surface area contributed by atoms with Gasteiger partial charge in [0.2, 0.25) is 0 Å². The molecule has 0 bridgehead atoms. The lowest BCUT2D eigenvalue weighted by molar-refractivity contribution is 0.00516. The number of morpholine rings is 1. The van der Waals surface area contributed by atoms with Crippen LogP contribution in [0, 0.1) is 0 Å². The Morgan fingerprint density at radius 3 is 2.72 bits per heavy atom. The van der Waals surface area contributed by atoms with E-state index < -0.39 is 0 Å². The molecule has 0 aliphatic carbocycles. The summed E-state index contributed by atoms with van der Waals surface area (Å²) in [6, 6.07) is 8.75. The van der Waals surface area contributed by atoms with Crippen molar-refractivity contribution < 1.29 is 4.74 Å². The zero-order valence-corrected chi connectivity index (χ0v) is 17.9. The van der Waals surface area contributed by atoms with Crippen LogP contribution in [0.5, 0.6) is 0 Å². The first-order valence-electron chi connectivity index (χ1n) is 8.94. The summed E-state index contributed by atoms with van der Waals surface area (Å²) < 4.78 is 5.57. The van der Waals surface area contributed by atoms with Crippen LogP contribution in [0.1, 0.15) is 31.9 Å². The van der Waals surface area contributed by atoms with Gasteiger partial charge in [-0.3, -0.25) is 9.89 Å². The number of ether oxygens (including phenoxy) is 1. The highest BCUT2D eigenvalue weighted by atomic mass is 127. The van der Waals surface area contributed by atoms with Crippen LogP contribution in [-0.2, 0) is 17.7 Å². The third-order valence-electron chi connectivity index (χ3n) is 5.18. The number of nitrogens with zero attached hydrogens (tertiary/aromatic N) is 3. The van der Waals surface area contributed by atoms with Crippen molar-refractivity contribution in [3.05, 3.63) is 35.4 Å². The Balaban J connectivity index is 0.00000225. The Labute approximate surface area is 168 Å². The average molecular weight is 458 g/mol. The molecule has 140 valence electrons. The van der Waals surface area contributed by atoms with Crippen molar-refractivity contribution in [1.29, 1.82) is 0 Å². The zero-order chi connectivity index (χ0) is 17.2. The second kappa shape index (κ2) is 8.68. The molecule has 0 aromatic heterocycles. The minimum atomic E-state index is -0.00391. The van der Waals surface area contributed by atoms with Crippen LogP contribution >= 0.6 is 24.0 Å². The fourth-order valence-corrected chi connectivity index (χ4v) is 3.51. The SMILES string of the molecule is CC1CN(C(N)=NCC(C)(C)N2CCc3ccccc3C2)CCO1.I. The topological polar surface area (TPSA) is 54.1 Å². The van der Waals surface area contributed by atoms with E-state index >= 15 is 0 Å². The molecule has 0 amide bonds. The Bertz CT molecular complexity index is 605. The predicted molar refractivity (Wildman–Crippen MR) is 114 cm³/mol. The van der Waals surface area contributed by atoms with E-state index in [9.17, 15) is 0 Å². The smallest absolute Gasteiger partial charge is 0.191 e. The molecule has 5 nitrogen and oxygen atoms in total. The number of nitrogens with two attached hydrogens (primary N) is 1. The molecule has 0 spiro atoms. The molecular weight excluding hydrogens is 427 g/mol. The van der Waals surface area contributed by atoms with Gasteiger partial charge in [0.1, 0.15) is 0 Å². The molecule has 2 heterocycles. The van der Waals surface area contributed by atoms with E-state index in [2.05, 4.69) is 54.8 Å². The number of hydrogen-bond donors (Lipinski definition) is 1. The molecule has 2 aliphatic heterocycles. The molecule has 0 saturated carbocycles. The van der Waals surface area contributed by atoms with Gasteiger partial charge in [-0.2, -0.15) is 0 Å². The number of hydrogen-bond acceptors (Lipinski definition) is 3. The van der Waals surface area contributed by atoms with Gasteiger partial charge < -0.3 is 15.4 Å². The third-order valence-corrected chi connectivity index (χ3v) is 5.18. The maximum atomic E-state index is 6.23. The first-order valence-corrected chi connectivity index (χ1v) is 8.94. The van der Waals surface area contributed by atoms with Crippen molar-refractivity contribution in [3.8, 4) is 0 Å². The monoisotopic (exact) mass is 458 g/mol. The maximum Gasteiger partial charge on any atom is 0.191 e. The molecule has 2 N–H and O–H groups in total. The number of halogens is 1. The van der Waals surface area contributed by atoms with E-state index in [1.165, 1.54) is 11.1 Å². The summed E-state index contributed by atoms with van der Waals surface area (Å²) in [7, 11) is 0. The molecule has 1 aromatic rings. The van der Waals surface area contributed by atoms with Gasteiger partial charge in [-0.15, -0.1) is 24.0 Å². The van der Waals surface area contributed by atoms with Gasteiger partial charge in [-0.05, 0) is 38.3 Å². The summed E-state index contributed by atoms with van der Waals surface area (Å²) in [6.07, 6.45) is 1.33. The number of aliphatic imine (C=N–C) groups is 1. The van der Waals surface area contributed by atoms with Crippen molar-refractivity contribution in [2.75, 3.05) is 32.8 Å². The summed E-state index contributed by atoms with van der Waals surface area (Å²) in [5, 5.41) is 0. The van der Waals surface area contributed by atoms with Gasteiger partial charge in [-0.25, -0.2) is 0 Å². The largest absolute Gasteiger partial charge is 0.375 e. The molecular formula is C19H31IN4O. The van der Waals surface area contributed by atoms with Gasteiger partial charge in [0, 0.05) is 31.7 Å². The molecule has 0 radical (unpaired) electrons. The van der Waals surface area contributed by atoms with Crippen LogP contribution in [0.2, 0.25) is 0 Å². The molecule has 1 unspecified atom stereocenters. The molecule has 1 saturated heterocycles. The molecule has 1 aromatic carbocycles. The summed E-state index contributed by atoms with van der Waals surface area (Å²) in [5.41, 5.74) is 9.14. The lowest BCUT2D eigenvalue weighted by atomic mass is 9.94. The first-order chi connectivity index (χ1) is 11.5. The van der Waals surface area contributed by atoms with E-state index in [4.69, 9.17) is 15.5 Å². The number of benzene rings is 1. The zero-order valence-electron chi connectivity index (χ0n) is 15.6. The summed E-state index contributed by atoms with van der Waals surface area (Å²) in [4.78, 5) is 9.36. The van der Waals surface area contributed by atoms with Gasteiger partial charge in [0.05, 0.1) is 19.3 Å². The van der Waals surface area contributed by atoms with Gasteiger partial charge in [0.25, 0.3) is 0 Å². The third kappa shape index (κ3) is 5.08. The van der Waals surface area contributed by atoms with E-state index in [1.54, 1.807) is 0 Å². The minimum absolute atomic E-state index is 0. The highest BCUT2D eigenvalue weighted by Crippen LogP contribution is 2.25. The van der Waals surface area contributed by atoms with Crippen molar-refractivity contribution in [2.45, 2.75) is 45.4 Å². The van der Waals surface area contributed by atoms with Crippen LogP contribution in [0.4, 0.5) is 0 Å². The molecule has 2 aliphatic rings. The molecule has 1 atom stereocenters. The summed E-state index contributed by atoms with van der Waals surface area (Å²) >= 11 is 0. The van der Waals surface area contributed by atoms with Gasteiger partial charge in [0.15, 0.2) is 5.96 Å². The summed E-state index contributed by atoms with van der Waals surface area (Å²) in [5.74, 6) is 0.649. The highest BCUT2D eigenvalue weighted by molar-refractivity contribution is 14.0. The minimum Gasteiger partial charge on any atom is -0.375 e. The Morgan fingerprint density at radius 1 is 1.28 bits per heavy atom. The Morgan fingerprint density at radius 2 is 2.00 bits per heavy atom. The van der Waals surface area contributed by atoms with E-state index in [1.807, 2.05) is 0 Å². The van der Waals surface area contributed by atoms with Crippen molar-refractivity contribution in [1.82, 2.24) is 9.80 Å². The predicted octanol–water partition coefficient (Wildman–Crippen LogP) is 2.48. The van der Waals surface area contributed by atoms with Gasteiger partial charge in [-0.1, -0.05) is 24.3 Å². The van der Waals surface area contributed by atoms with Crippen molar-refractivity contribution >= 4 is 29.9 Å². The van der Waals surface area contributed by atoms with E-state index in [-0.39, 0.29) is 35.6 Å². The van der Waals surface area contributed by atoms with Crippen molar-refractivity contribution in [2.24, 2.45) is 10.7 Å².